The molecule has 0 aliphatic carbocycles. The first-order valence-corrected chi connectivity index (χ1v) is 5.72. The Morgan fingerprint density at radius 2 is 2.27 bits per heavy atom. The Morgan fingerprint density at radius 3 is 2.93 bits per heavy atom. The molecule has 0 amide bonds. The summed E-state index contributed by atoms with van der Waals surface area (Å²) in [5.41, 5.74) is 1.05. The zero-order valence-electron chi connectivity index (χ0n) is 9.98. The number of allylic oxidation sites excluding steroid dienone is 2. The average molecular weight is 207 g/mol. The van der Waals surface area contributed by atoms with Crippen molar-refractivity contribution in [2.45, 2.75) is 46.6 Å². The molecule has 0 aliphatic rings. The standard InChI is InChI=1S/C12H21N3/c1-4-5-8-12-10-15(14-13-12)9-6-7-11(2)3/h4-5,10-11H,6-9H2,1-3H3/b5-4-. The summed E-state index contributed by atoms with van der Waals surface area (Å²) in [4.78, 5) is 0. The van der Waals surface area contributed by atoms with Gasteiger partial charge in [0.05, 0.1) is 5.69 Å². The van der Waals surface area contributed by atoms with E-state index in [9.17, 15) is 0 Å². The molecule has 0 aliphatic heterocycles. The molecule has 0 fully saturated rings. The first-order chi connectivity index (χ1) is 7.22. The fourth-order valence-electron chi connectivity index (χ4n) is 1.44. The quantitative estimate of drug-likeness (QED) is 0.671. The molecule has 0 unspecified atom stereocenters. The summed E-state index contributed by atoms with van der Waals surface area (Å²) in [6.07, 6.45) is 9.51. The number of hydrogen-bond acceptors (Lipinski definition) is 2. The molecule has 0 saturated heterocycles. The average Bonchev–Trinajstić information content (AvgIpc) is 2.62. The van der Waals surface area contributed by atoms with Gasteiger partial charge in [-0.1, -0.05) is 31.2 Å². The second kappa shape index (κ2) is 6.38. The zero-order valence-corrected chi connectivity index (χ0v) is 9.98. The van der Waals surface area contributed by atoms with Crippen LogP contribution in [0.3, 0.4) is 0 Å². The highest BCUT2D eigenvalue weighted by Gasteiger charge is 1.99. The Bertz CT molecular complexity index is 300. The Kier molecular flexibility index (Phi) is 5.08. The van der Waals surface area contributed by atoms with Crippen LogP contribution in [-0.2, 0) is 13.0 Å². The number of rotatable bonds is 6. The van der Waals surface area contributed by atoms with E-state index >= 15 is 0 Å². The van der Waals surface area contributed by atoms with E-state index in [4.69, 9.17) is 0 Å². The maximum Gasteiger partial charge on any atom is 0.0864 e. The highest BCUT2D eigenvalue weighted by atomic mass is 15.4. The van der Waals surface area contributed by atoms with E-state index in [1.54, 1.807) is 0 Å². The number of nitrogens with zero attached hydrogens (tertiary/aromatic N) is 3. The minimum atomic E-state index is 0.774. The molecule has 15 heavy (non-hydrogen) atoms. The van der Waals surface area contributed by atoms with Crippen molar-refractivity contribution in [2.75, 3.05) is 0 Å². The second-order valence-electron chi connectivity index (χ2n) is 4.28. The number of aryl methyl sites for hydroxylation is 1. The van der Waals surface area contributed by atoms with Gasteiger partial charge in [-0.2, -0.15) is 0 Å². The van der Waals surface area contributed by atoms with Gasteiger partial charge in [-0.05, 0) is 25.7 Å². The molecule has 0 N–H and O–H groups in total. The summed E-state index contributed by atoms with van der Waals surface area (Å²) in [5, 5.41) is 8.21. The third-order valence-corrected chi connectivity index (χ3v) is 2.32. The highest BCUT2D eigenvalue weighted by Crippen LogP contribution is 2.05. The molecule has 0 radical (unpaired) electrons. The minimum Gasteiger partial charge on any atom is -0.252 e. The first kappa shape index (κ1) is 12.0. The Hall–Kier alpha value is -1.12. The molecule has 0 saturated carbocycles. The maximum atomic E-state index is 4.11. The van der Waals surface area contributed by atoms with E-state index < -0.39 is 0 Å². The molecule has 1 aromatic heterocycles. The molecular formula is C12H21N3. The van der Waals surface area contributed by atoms with Crippen molar-refractivity contribution in [3.8, 4) is 0 Å². The summed E-state index contributed by atoms with van der Waals surface area (Å²) >= 11 is 0. The minimum absolute atomic E-state index is 0.774. The molecule has 0 spiro atoms. The van der Waals surface area contributed by atoms with Crippen LogP contribution in [0, 0.1) is 5.92 Å². The van der Waals surface area contributed by atoms with Crippen LogP contribution in [0.1, 0.15) is 39.3 Å². The van der Waals surface area contributed by atoms with Crippen molar-refractivity contribution in [3.63, 3.8) is 0 Å². The van der Waals surface area contributed by atoms with Crippen LogP contribution in [0.5, 0.6) is 0 Å². The summed E-state index contributed by atoms with van der Waals surface area (Å²) in [6, 6.07) is 0. The van der Waals surface area contributed by atoms with Gasteiger partial charge in [-0.15, -0.1) is 5.10 Å². The summed E-state index contributed by atoms with van der Waals surface area (Å²) in [5.74, 6) is 0.774. The lowest BCUT2D eigenvalue weighted by molar-refractivity contribution is 0.482. The van der Waals surface area contributed by atoms with Gasteiger partial charge in [-0.3, -0.25) is 4.68 Å². The SMILES string of the molecule is C/C=C\Cc1cn(CCCC(C)C)nn1. The molecular weight excluding hydrogens is 186 g/mol. The van der Waals surface area contributed by atoms with E-state index in [1.165, 1.54) is 12.8 Å². The van der Waals surface area contributed by atoms with Crippen LogP contribution in [0.2, 0.25) is 0 Å². The number of hydrogen-bond donors (Lipinski definition) is 0. The summed E-state index contributed by atoms with van der Waals surface area (Å²) in [7, 11) is 0. The van der Waals surface area contributed by atoms with Crippen molar-refractivity contribution in [1.82, 2.24) is 15.0 Å². The van der Waals surface area contributed by atoms with Crippen LogP contribution >= 0.6 is 0 Å². The predicted molar refractivity (Wildman–Crippen MR) is 62.6 cm³/mol. The van der Waals surface area contributed by atoms with Crippen LogP contribution in [-0.4, -0.2) is 15.0 Å². The van der Waals surface area contributed by atoms with E-state index in [1.807, 2.05) is 23.9 Å². The van der Waals surface area contributed by atoms with Crippen LogP contribution < -0.4 is 0 Å². The Morgan fingerprint density at radius 1 is 1.47 bits per heavy atom. The first-order valence-electron chi connectivity index (χ1n) is 5.72. The van der Waals surface area contributed by atoms with Gasteiger partial charge in [0, 0.05) is 19.2 Å². The van der Waals surface area contributed by atoms with Gasteiger partial charge in [0.25, 0.3) is 0 Å². The highest BCUT2D eigenvalue weighted by molar-refractivity contribution is 4.99. The van der Waals surface area contributed by atoms with E-state index in [2.05, 4.69) is 30.2 Å². The second-order valence-corrected chi connectivity index (χ2v) is 4.28. The summed E-state index contributed by atoms with van der Waals surface area (Å²) in [6.45, 7) is 7.51. The molecule has 0 bridgehead atoms. The van der Waals surface area contributed by atoms with Gasteiger partial charge in [0.15, 0.2) is 0 Å². The molecule has 1 rings (SSSR count). The monoisotopic (exact) mass is 207 g/mol. The predicted octanol–water partition coefficient (Wildman–Crippen LogP) is 2.83. The third-order valence-electron chi connectivity index (χ3n) is 2.32. The fraction of sp³-hybridized carbons (Fsp3) is 0.667. The zero-order chi connectivity index (χ0) is 11.1. The lowest BCUT2D eigenvalue weighted by atomic mass is 10.1. The molecule has 3 nitrogen and oxygen atoms in total. The van der Waals surface area contributed by atoms with Gasteiger partial charge in [0.1, 0.15) is 0 Å². The maximum absolute atomic E-state index is 4.11. The largest absolute Gasteiger partial charge is 0.252 e. The van der Waals surface area contributed by atoms with Gasteiger partial charge in [0.2, 0.25) is 0 Å². The van der Waals surface area contributed by atoms with Crippen molar-refractivity contribution in [1.29, 1.82) is 0 Å². The van der Waals surface area contributed by atoms with E-state index in [0.29, 0.717) is 0 Å². The van der Waals surface area contributed by atoms with Gasteiger partial charge < -0.3 is 0 Å². The molecule has 3 heteroatoms. The lowest BCUT2D eigenvalue weighted by Gasteiger charge is -2.03. The van der Waals surface area contributed by atoms with Gasteiger partial charge >= 0.3 is 0 Å². The smallest absolute Gasteiger partial charge is 0.0864 e. The van der Waals surface area contributed by atoms with E-state index in [0.717, 1.165) is 24.6 Å². The summed E-state index contributed by atoms with van der Waals surface area (Å²) < 4.78 is 1.95. The molecule has 0 atom stereocenters. The van der Waals surface area contributed by atoms with Crippen LogP contribution in [0.4, 0.5) is 0 Å². The van der Waals surface area contributed by atoms with Crippen LogP contribution in [0.15, 0.2) is 18.3 Å². The molecule has 84 valence electrons. The van der Waals surface area contributed by atoms with E-state index in [-0.39, 0.29) is 0 Å². The van der Waals surface area contributed by atoms with Gasteiger partial charge in [-0.25, -0.2) is 0 Å². The molecule has 0 aromatic carbocycles. The molecule has 1 aromatic rings. The van der Waals surface area contributed by atoms with Crippen molar-refractivity contribution >= 4 is 0 Å². The Balaban J connectivity index is 2.32. The third kappa shape index (κ3) is 4.77. The van der Waals surface area contributed by atoms with Crippen molar-refractivity contribution in [3.05, 3.63) is 24.0 Å². The lowest BCUT2D eigenvalue weighted by Crippen LogP contribution is -2.00. The normalized spacial score (nSPS) is 11.7. The van der Waals surface area contributed by atoms with Crippen LogP contribution in [0.25, 0.3) is 0 Å². The van der Waals surface area contributed by atoms with Crippen molar-refractivity contribution < 1.29 is 0 Å². The fourth-order valence-corrected chi connectivity index (χ4v) is 1.44. The topological polar surface area (TPSA) is 30.7 Å². The van der Waals surface area contributed by atoms with Crippen molar-refractivity contribution in [2.24, 2.45) is 5.92 Å². The molecule has 1 heterocycles. The Labute approximate surface area is 92.2 Å². The number of aromatic nitrogens is 3.